The monoisotopic (exact) mass is 253 g/mol. The van der Waals surface area contributed by atoms with Crippen LogP contribution in [0.4, 0.5) is 5.69 Å². The maximum Gasteiger partial charge on any atom is 0.335 e. The Morgan fingerprint density at radius 1 is 1.06 bits per heavy atom. The zero-order chi connectivity index (χ0) is 13.5. The first-order valence-electron chi connectivity index (χ1n) is 4.92. The van der Waals surface area contributed by atoms with E-state index in [9.17, 15) is 14.4 Å². The summed E-state index contributed by atoms with van der Waals surface area (Å²) in [6.07, 6.45) is 0. The van der Waals surface area contributed by atoms with Crippen LogP contribution in [-0.2, 0) is 14.3 Å². The summed E-state index contributed by atoms with van der Waals surface area (Å²) >= 11 is 0. The van der Waals surface area contributed by atoms with Crippen LogP contribution >= 0.6 is 0 Å². The summed E-state index contributed by atoms with van der Waals surface area (Å²) in [7, 11) is 0. The molecule has 0 aromatic heterocycles. The molecule has 1 amide bonds. The number of aliphatic carboxylic acids is 1. The van der Waals surface area contributed by atoms with Crippen molar-refractivity contribution in [3.05, 3.63) is 29.8 Å². The number of carboxylic acid groups (broad SMARTS) is 2. The van der Waals surface area contributed by atoms with Gasteiger partial charge in [0.2, 0.25) is 5.91 Å². The number of aromatic carboxylic acids is 1. The Morgan fingerprint density at radius 3 is 2.17 bits per heavy atom. The predicted octanol–water partition coefficient (Wildman–Crippen LogP) is 0.424. The van der Waals surface area contributed by atoms with Gasteiger partial charge in [-0.2, -0.15) is 0 Å². The molecule has 96 valence electrons. The van der Waals surface area contributed by atoms with Crippen LogP contribution in [-0.4, -0.2) is 41.3 Å². The van der Waals surface area contributed by atoms with Crippen molar-refractivity contribution in [2.24, 2.45) is 0 Å². The maximum atomic E-state index is 11.3. The van der Waals surface area contributed by atoms with E-state index in [1.807, 2.05) is 0 Å². The molecule has 1 rings (SSSR count). The van der Waals surface area contributed by atoms with Crippen molar-refractivity contribution in [1.82, 2.24) is 0 Å². The Bertz CT molecular complexity index is 453. The summed E-state index contributed by atoms with van der Waals surface area (Å²) in [4.78, 5) is 32.0. The second kappa shape index (κ2) is 6.36. The summed E-state index contributed by atoms with van der Waals surface area (Å²) in [6.45, 7) is -0.932. The van der Waals surface area contributed by atoms with Crippen LogP contribution < -0.4 is 5.32 Å². The third kappa shape index (κ3) is 4.62. The van der Waals surface area contributed by atoms with Crippen molar-refractivity contribution in [1.29, 1.82) is 0 Å². The summed E-state index contributed by atoms with van der Waals surface area (Å²) < 4.78 is 4.59. The Labute approximate surface area is 102 Å². The fraction of sp³-hybridized carbons (Fsp3) is 0.182. The molecule has 1 aromatic rings. The van der Waals surface area contributed by atoms with Crippen molar-refractivity contribution in [3.8, 4) is 0 Å². The maximum absolute atomic E-state index is 11.3. The van der Waals surface area contributed by atoms with Gasteiger partial charge in [0.1, 0.15) is 13.2 Å². The number of benzene rings is 1. The number of nitrogens with one attached hydrogen (secondary N) is 1. The molecule has 0 fully saturated rings. The van der Waals surface area contributed by atoms with Crippen LogP contribution in [0, 0.1) is 0 Å². The minimum atomic E-state index is -1.16. The van der Waals surface area contributed by atoms with E-state index in [4.69, 9.17) is 10.2 Å². The molecule has 3 N–H and O–H groups in total. The highest BCUT2D eigenvalue weighted by atomic mass is 16.5. The average molecular weight is 253 g/mol. The Hall–Kier alpha value is -2.41. The molecule has 0 unspecified atom stereocenters. The largest absolute Gasteiger partial charge is 0.480 e. The van der Waals surface area contributed by atoms with Gasteiger partial charge in [-0.1, -0.05) is 0 Å². The predicted molar refractivity (Wildman–Crippen MR) is 60.5 cm³/mol. The van der Waals surface area contributed by atoms with Gasteiger partial charge in [0.25, 0.3) is 0 Å². The fourth-order valence-corrected chi connectivity index (χ4v) is 1.12. The van der Waals surface area contributed by atoms with Crippen LogP contribution in [0.2, 0.25) is 0 Å². The molecule has 0 aliphatic rings. The number of carboxylic acids is 2. The highest BCUT2D eigenvalue weighted by molar-refractivity contribution is 5.93. The lowest BCUT2D eigenvalue weighted by molar-refractivity contribution is -0.143. The molecule has 7 nitrogen and oxygen atoms in total. The molecule has 1 aromatic carbocycles. The molecule has 0 heterocycles. The van der Waals surface area contributed by atoms with E-state index >= 15 is 0 Å². The smallest absolute Gasteiger partial charge is 0.335 e. The van der Waals surface area contributed by atoms with Crippen LogP contribution in [0.15, 0.2) is 24.3 Å². The number of carbonyl (C=O) groups excluding carboxylic acids is 1. The van der Waals surface area contributed by atoms with Crippen LogP contribution in [0.1, 0.15) is 10.4 Å². The zero-order valence-electron chi connectivity index (χ0n) is 9.25. The number of hydrogen-bond donors (Lipinski definition) is 3. The minimum absolute atomic E-state index is 0.107. The van der Waals surface area contributed by atoms with Crippen LogP contribution in [0.25, 0.3) is 0 Å². The van der Waals surface area contributed by atoms with Gasteiger partial charge in [-0.05, 0) is 24.3 Å². The third-order valence-corrected chi connectivity index (χ3v) is 1.87. The minimum Gasteiger partial charge on any atom is -0.480 e. The average Bonchev–Trinajstić information content (AvgIpc) is 2.29. The first-order valence-corrected chi connectivity index (χ1v) is 4.92. The lowest BCUT2D eigenvalue weighted by atomic mass is 10.2. The molecule has 0 spiro atoms. The van der Waals surface area contributed by atoms with Crippen molar-refractivity contribution < 1.29 is 29.3 Å². The molecule has 0 saturated heterocycles. The van der Waals surface area contributed by atoms with Gasteiger partial charge in [-0.3, -0.25) is 4.79 Å². The molecule has 0 saturated carbocycles. The standard InChI is InChI=1S/C11H11NO6/c13-9(5-18-6-10(14)15)12-8-3-1-7(2-4-8)11(16)17/h1-4H,5-6H2,(H,12,13)(H,14,15)(H,16,17). The number of amides is 1. The SMILES string of the molecule is O=C(O)COCC(=O)Nc1ccc(C(=O)O)cc1. The van der Waals surface area contributed by atoms with Crippen LogP contribution in [0.3, 0.4) is 0 Å². The number of rotatable bonds is 6. The van der Waals surface area contributed by atoms with E-state index in [2.05, 4.69) is 10.1 Å². The van der Waals surface area contributed by atoms with E-state index in [0.717, 1.165) is 0 Å². The normalized spacial score (nSPS) is 9.78. The number of anilines is 1. The number of ether oxygens (including phenoxy) is 1. The molecule has 0 aliphatic carbocycles. The summed E-state index contributed by atoms with van der Waals surface area (Å²) in [5.41, 5.74) is 0.513. The Kier molecular flexibility index (Phi) is 4.82. The quantitative estimate of drug-likeness (QED) is 0.677. The van der Waals surface area contributed by atoms with Crippen molar-refractivity contribution in [3.63, 3.8) is 0 Å². The lowest BCUT2D eigenvalue weighted by Gasteiger charge is -2.05. The summed E-state index contributed by atoms with van der Waals surface area (Å²) in [5.74, 6) is -2.73. The Morgan fingerprint density at radius 2 is 1.67 bits per heavy atom. The second-order valence-corrected chi connectivity index (χ2v) is 3.32. The van der Waals surface area contributed by atoms with Gasteiger partial charge < -0.3 is 20.3 Å². The van der Waals surface area contributed by atoms with E-state index in [1.165, 1.54) is 24.3 Å². The van der Waals surface area contributed by atoms with Crippen molar-refractivity contribution in [2.45, 2.75) is 0 Å². The Balaban J connectivity index is 2.44. The summed E-state index contributed by atoms with van der Waals surface area (Å²) in [5, 5.41) is 19.4. The molecule has 0 bridgehead atoms. The van der Waals surface area contributed by atoms with E-state index in [-0.39, 0.29) is 12.2 Å². The van der Waals surface area contributed by atoms with Gasteiger partial charge in [-0.25, -0.2) is 9.59 Å². The number of carbonyl (C=O) groups is 3. The second-order valence-electron chi connectivity index (χ2n) is 3.32. The first-order chi connectivity index (χ1) is 8.49. The van der Waals surface area contributed by atoms with Gasteiger partial charge in [-0.15, -0.1) is 0 Å². The summed E-state index contributed by atoms with van der Waals surface area (Å²) in [6, 6.07) is 5.54. The highest BCUT2D eigenvalue weighted by Crippen LogP contribution is 2.09. The molecule has 0 aliphatic heterocycles. The molecular weight excluding hydrogens is 242 g/mol. The zero-order valence-corrected chi connectivity index (χ0v) is 9.25. The van der Waals surface area contributed by atoms with E-state index < -0.39 is 24.5 Å². The third-order valence-electron chi connectivity index (χ3n) is 1.87. The van der Waals surface area contributed by atoms with Crippen molar-refractivity contribution in [2.75, 3.05) is 18.5 Å². The van der Waals surface area contributed by atoms with Gasteiger partial charge in [0, 0.05) is 5.69 Å². The van der Waals surface area contributed by atoms with Gasteiger partial charge in [0.05, 0.1) is 5.56 Å². The fourth-order valence-electron chi connectivity index (χ4n) is 1.12. The molecule has 0 radical (unpaired) electrons. The van der Waals surface area contributed by atoms with Gasteiger partial charge >= 0.3 is 11.9 Å². The van der Waals surface area contributed by atoms with Crippen LogP contribution in [0.5, 0.6) is 0 Å². The van der Waals surface area contributed by atoms with E-state index in [1.54, 1.807) is 0 Å². The topological polar surface area (TPSA) is 113 Å². The lowest BCUT2D eigenvalue weighted by Crippen LogP contribution is -2.20. The van der Waals surface area contributed by atoms with Crippen molar-refractivity contribution >= 4 is 23.5 Å². The molecular formula is C11H11NO6. The molecule has 0 atom stereocenters. The van der Waals surface area contributed by atoms with Gasteiger partial charge in [0.15, 0.2) is 0 Å². The number of hydrogen-bond acceptors (Lipinski definition) is 4. The molecule has 7 heteroatoms. The highest BCUT2D eigenvalue weighted by Gasteiger charge is 2.06. The first kappa shape index (κ1) is 13.7. The van der Waals surface area contributed by atoms with E-state index in [0.29, 0.717) is 5.69 Å². The molecule has 18 heavy (non-hydrogen) atoms.